The first-order valence-electron chi connectivity index (χ1n) is 28.1. The first-order valence-corrected chi connectivity index (χ1v) is 28.1. The molecule has 13 rings (SSSR count). The molecule has 14 heteroatoms. The molecule has 10 aliphatic carbocycles. The van der Waals surface area contributed by atoms with Gasteiger partial charge in [0, 0.05) is 38.0 Å². The monoisotopic (exact) mass is 1130 g/mol. The lowest BCUT2D eigenvalue weighted by atomic mass is 9.47. The molecule has 10 bridgehead atoms. The molecule has 464 valence electrons. The maximum Gasteiger partial charge on any atom is 0.318 e. The number of hydrogen-bond acceptors (Lipinski definition) is 14. The van der Waals surface area contributed by atoms with Gasteiger partial charge in [0.1, 0.15) is 11.2 Å². The average Bonchev–Trinajstić information content (AvgIpc) is 3.98. The summed E-state index contributed by atoms with van der Waals surface area (Å²) in [5.41, 5.74) is -11.0. The van der Waals surface area contributed by atoms with Gasteiger partial charge in [0.05, 0.1) is 58.4 Å². The Morgan fingerprint density at radius 3 is 1.71 bits per heavy atom. The maximum atomic E-state index is 16.3. The van der Waals surface area contributed by atoms with Crippen molar-refractivity contribution in [3.8, 4) is 0 Å². The van der Waals surface area contributed by atoms with E-state index in [0.29, 0.717) is 77.4 Å². The van der Waals surface area contributed by atoms with Crippen LogP contribution in [-0.2, 0) is 57.2 Å². The van der Waals surface area contributed by atoms with Gasteiger partial charge in [0.25, 0.3) is 0 Å². The van der Waals surface area contributed by atoms with Crippen LogP contribution in [0, 0.1) is 97.6 Å². The van der Waals surface area contributed by atoms with Gasteiger partial charge in [0.15, 0.2) is 0 Å². The summed E-state index contributed by atoms with van der Waals surface area (Å²) in [6.07, 6.45) is 9.47. The molecule has 0 aromatic rings. The van der Waals surface area contributed by atoms with Gasteiger partial charge in [-0.25, -0.2) is 0 Å². The fourth-order valence-corrected chi connectivity index (χ4v) is 20.7. The second-order valence-electron chi connectivity index (χ2n) is 29.4. The van der Waals surface area contributed by atoms with Crippen molar-refractivity contribution < 1.29 is 67.4 Å². The van der Waals surface area contributed by atoms with Gasteiger partial charge < -0.3 is 38.6 Å². The highest BCUT2D eigenvalue weighted by Crippen LogP contribution is 2.70. The smallest absolute Gasteiger partial charge is 0.318 e. The van der Waals surface area contributed by atoms with Crippen molar-refractivity contribution in [2.75, 3.05) is 13.2 Å². The summed E-state index contributed by atoms with van der Waals surface area (Å²) in [6, 6.07) is 0. The predicted octanol–water partition coefficient (Wildman–Crippen LogP) is 13.7. The summed E-state index contributed by atoms with van der Waals surface area (Å²) in [4.78, 5) is 86.9. The first-order chi connectivity index (χ1) is 33.4. The van der Waals surface area contributed by atoms with Gasteiger partial charge in [-0.2, -0.15) is 0 Å². The molecule has 80 heavy (non-hydrogen) atoms. The maximum absolute atomic E-state index is 16.3. The molecular formula is C66H116O14. The summed E-state index contributed by atoms with van der Waals surface area (Å²) in [5, 5.41) is 23.7. The molecule has 0 radical (unpaired) electrons. The number of fused-ring (bicyclic) bond motifs is 5. The van der Waals surface area contributed by atoms with Gasteiger partial charge in [-0.3, -0.25) is 28.8 Å². The highest BCUT2D eigenvalue weighted by molar-refractivity contribution is 5.97. The fourth-order valence-electron chi connectivity index (χ4n) is 20.7. The Bertz CT molecular complexity index is 2280. The molecule has 3 aliphatic heterocycles. The molecule has 13 aliphatic rings. The zero-order chi connectivity index (χ0) is 51.8. The van der Waals surface area contributed by atoms with Crippen LogP contribution in [0.4, 0.5) is 0 Å². The van der Waals surface area contributed by atoms with E-state index in [2.05, 4.69) is 20.8 Å². The molecule has 0 amide bonds. The molecule has 13 fully saturated rings. The molecule has 15 unspecified atom stereocenters. The second-order valence-corrected chi connectivity index (χ2v) is 29.4. The van der Waals surface area contributed by atoms with Crippen molar-refractivity contribution in [3.63, 3.8) is 0 Å². The Morgan fingerprint density at radius 2 is 1.18 bits per heavy atom. The molecule has 14 nitrogen and oxygen atoms in total. The quantitative estimate of drug-likeness (QED) is 0.0946. The molecule has 3 heterocycles. The van der Waals surface area contributed by atoms with Crippen molar-refractivity contribution in [3.05, 3.63) is 0 Å². The summed E-state index contributed by atoms with van der Waals surface area (Å²) in [5.74, 6) is -3.54. The molecule has 2 N–H and O–H groups in total. The lowest BCUT2D eigenvalue weighted by Gasteiger charge is -2.63. The van der Waals surface area contributed by atoms with Gasteiger partial charge in [-0.05, 0) is 155 Å². The van der Waals surface area contributed by atoms with E-state index in [0.717, 1.165) is 25.7 Å². The van der Waals surface area contributed by atoms with Crippen LogP contribution < -0.4 is 0 Å². The molecular weight excluding hydrogens is 1020 g/mol. The Morgan fingerprint density at radius 1 is 0.613 bits per heavy atom. The molecule has 0 spiro atoms. The number of hydrogen-bond donors (Lipinski definition) is 2. The van der Waals surface area contributed by atoms with Crippen LogP contribution in [0.3, 0.4) is 0 Å². The molecule has 0 aromatic heterocycles. The van der Waals surface area contributed by atoms with E-state index in [9.17, 15) is 29.4 Å². The second kappa shape index (κ2) is 22.7. The highest BCUT2D eigenvalue weighted by Gasteiger charge is 2.71. The van der Waals surface area contributed by atoms with E-state index in [4.69, 9.17) is 28.4 Å². The van der Waals surface area contributed by atoms with Crippen LogP contribution in [-0.4, -0.2) is 87.9 Å². The third-order valence-corrected chi connectivity index (χ3v) is 23.2. The SMILES string of the molecule is C.C.C.C.C.C.C.C.CC1C(=O)OC(=O)C1C(C)(C)C(C)(CC(C)(C)C(C)(CC(C)(C)C1C(C)C2CC1C1COC(=O)C21)C(=O)OC12CC3CC(C1)CC(C(=O)OC1CCCCO1)(C3)C2)C(=O)OC12CC3CC(O)(CC(O)(C3)C1)C2. The molecule has 0 aromatic carbocycles. The summed E-state index contributed by atoms with van der Waals surface area (Å²) < 4.78 is 37.1. The average molecular weight is 1130 g/mol. The van der Waals surface area contributed by atoms with Gasteiger partial charge in [0.2, 0.25) is 6.29 Å². The lowest BCUT2D eigenvalue weighted by molar-refractivity contribution is -0.268. The number of ether oxygens (including phenoxy) is 6. The Balaban J connectivity index is 0.00000210. The number of rotatable bonds is 14. The fraction of sp³-hybridized carbons (Fsp3) is 0.909. The number of cyclic esters (lactones) is 3. The Labute approximate surface area is 485 Å². The minimum Gasteiger partial charge on any atom is -0.465 e. The lowest BCUT2D eigenvalue weighted by Crippen LogP contribution is -2.67. The minimum absolute atomic E-state index is 0. The topological polar surface area (TPSA) is 198 Å². The van der Waals surface area contributed by atoms with Crippen LogP contribution in [0.5, 0.6) is 0 Å². The molecule has 15 atom stereocenters. The van der Waals surface area contributed by atoms with E-state index in [1.54, 1.807) is 13.8 Å². The number of aliphatic hydroxyl groups is 2. The van der Waals surface area contributed by atoms with E-state index in [1.807, 2.05) is 34.6 Å². The van der Waals surface area contributed by atoms with Crippen molar-refractivity contribution in [1.82, 2.24) is 0 Å². The molecule has 3 saturated heterocycles. The van der Waals surface area contributed by atoms with E-state index < -0.39 is 96.9 Å². The zero-order valence-electron chi connectivity index (χ0n) is 44.9. The summed E-state index contributed by atoms with van der Waals surface area (Å²) in [7, 11) is 0. The highest BCUT2D eigenvalue weighted by atomic mass is 16.7. The van der Waals surface area contributed by atoms with Crippen molar-refractivity contribution in [2.24, 2.45) is 97.6 Å². The van der Waals surface area contributed by atoms with Gasteiger partial charge >= 0.3 is 35.8 Å². The normalized spacial score (nSPS) is 41.7. The van der Waals surface area contributed by atoms with Crippen LogP contribution in [0.2, 0.25) is 0 Å². The number of carbonyl (C=O) groups is 6. The van der Waals surface area contributed by atoms with Gasteiger partial charge in [-0.1, -0.05) is 115 Å². The minimum atomic E-state index is -1.57. The zero-order valence-corrected chi connectivity index (χ0v) is 44.9. The van der Waals surface area contributed by atoms with E-state index in [-0.39, 0.29) is 150 Å². The number of carbonyl (C=O) groups excluding carboxylic acids is 6. The molecule has 10 saturated carbocycles. The summed E-state index contributed by atoms with van der Waals surface area (Å²) in [6.45, 7) is 20.9. The standard InChI is InChI=1S/C58H84O14.8CH4/c1-31-36-16-37(38-24-68-44(60)40(36)38)41(31)49(3,4)25-52(9,46(62)71-57-21-33-15-34(22-57)18-54(17-33,27-57)48(64)69-39-13-11-12-14-67-39)50(5,6)26-53(10,51(7,8)42-32(2)43(59)70-45(42)61)47(63)72-58-23-35-19-55(65,29-58)28-56(66,20-35)30-58;;;;;;;;/h31-42,65-66H,11-30H2,1-10H3;8*1H4. The Kier molecular flexibility index (Phi) is 20.2. The predicted molar refractivity (Wildman–Crippen MR) is 312 cm³/mol. The summed E-state index contributed by atoms with van der Waals surface area (Å²) >= 11 is 0. The van der Waals surface area contributed by atoms with Crippen molar-refractivity contribution in [1.29, 1.82) is 0 Å². The van der Waals surface area contributed by atoms with Crippen molar-refractivity contribution in [2.45, 2.75) is 273 Å². The Hall–Kier alpha value is -3.10. The van der Waals surface area contributed by atoms with Crippen molar-refractivity contribution >= 4 is 35.8 Å². The van der Waals surface area contributed by atoms with Crippen LogP contribution in [0.1, 0.15) is 244 Å². The van der Waals surface area contributed by atoms with Crippen LogP contribution >= 0.6 is 0 Å². The third kappa shape index (κ3) is 10.8. The van der Waals surface area contributed by atoms with Crippen LogP contribution in [0.25, 0.3) is 0 Å². The van der Waals surface area contributed by atoms with E-state index >= 15 is 9.59 Å². The number of esters is 6. The van der Waals surface area contributed by atoms with Crippen LogP contribution in [0.15, 0.2) is 0 Å². The largest absolute Gasteiger partial charge is 0.465 e. The first kappa shape index (κ1) is 71.2. The van der Waals surface area contributed by atoms with E-state index in [1.165, 1.54) is 0 Å². The third-order valence-electron chi connectivity index (χ3n) is 23.2. The van der Waals surface area contributed by atoms with Gasteiger partial charge in [-0.15, -0.1) is 0 Å².